The van der Waals surface area contributed by atoms with Gasteiger partial charge in [0.25, 0.3) is 0 Å². The number of carbonyl (C=O) groups is 1. The van der Waals surface area contributed by atoms with Crippen molar-refractivity contribution in [1.82, 2.24) is 15.3 Å². The highest BCUT2D eigenvalue weighted by Gasteiger charge is 2.18. The van der Waals surface area contributed by atoms with E-state index in [1.54, 1.807) is 12.1 Å². The van der Waals surface area contributed by atoms with Crippen molar-refractivity contribution in [2.45, 2.75) is 17.2 Å². The first-order valence-electron chi connectivity index (χ1n) is 7.97. The summed E-state index contributed by atoms with van der Waals surface area (Å²) >= 11 is 1.08. The van der Waals surface area contributed by atoms with Gasteiger partial charge in [0.15, 0.2) is 15.0 Å². The Bertz CT molecular complexity index is 1140. The van der Waals surface area contributed by atoms with Crippen LogP contribution in [0, 0.1) is 5.82 Å². The lowest BCUT2D eigenvalue weighted by atomic mass is 10.2. The number of halogens is 1. The van der Waals surface area contributed by atoms with Gasteiger partial charge in [0.05, 0.1) is 16.3 Å². The van der Waals surface area contributed by atoms with E-state index >= 15 is 0 Å². The van der Waals surface area contributed by atoms with E-state index in [4.69, 9.17) is 0 Å². The zero-order chi connectivity index (χ0) is 20.1. The number of carbonyl (C=O) groups excluding carboxylic acids is 1. The predicted octanol–water partition coefficient (Wildman–Crippen LogP) is 2.27. The first-order chi connectivity index (χ1) is 13.3. The molecule has 0 aliphatic heterocycles. The Morgan fingerprint density at radius 1 is 1.25 bits per heavy atom. The summed E-state index contributed by atoms with van der Waals surface area (Å²) in [5, 5.41) is 6.81. The molecule has 0 spiro atoms. The number of H-pyrrole nitrogens is 1. The third kappa shape index (κ3) is 5.24. The summed E-state index contributed by atoms with van der Waals surface area (Å²) in [4.78, 5) is 29.3. The lowest BCUT2D eigenvalue weighted by molar-refractivity contribution is 0.251. The summed E-state index contributed by atoms with van der Waals surface area (Å²) in [5.41, 5.74) is 0.460. The van der Waals surface area contributed by atoms with Gasteiger partial charge in [-0.1, -0.05) is 12.1 Å². The van der Waals surface area contributed by atoms with Crippen LogP contribution < -0.4 is 16.2 Å². The molecule has 3 aromatic rings. The molecule has 8 nitrogen and oxygen atoms in total. The minimum Gasteiger partial charge on any atom is -0.334 e. The van der Waals surface area contributed by atoms with E-state index < -0.39 is 27.2 Å². The van der Waals surface area contributed by atoms with Crippen LogP contribution in [0.3, 0.4) is 0 Å². The standard InChI is InChI=1S/C17H15FN4O4S2/c18-12-3-1-2-11(6-12)7-20-16(24)22-17-21-13(9-27-17)10-28(25,26)14-4-5-15(23)19-8-14/h1-6,8-9H,7,10H2,(H,19,23)(H2,20,21,22,24). The van der Waals surface area contributed by atoms with Gasteiger partial charge in [0, 0.05) is 24.2 Å². The Balaban J connectivity index is 1.58. The molecule has 2 heterocycles. The first kappa shape index (κ1) is 19.7. The normalized spacial score (nSPS) is 11.2. The zero-order valence-electron chi connectivity index (χ0n) is 14.3. The van der Waals surface area contributed by atoms with Gasteiger partial charge >= 0.3 is 6.03 Å². The summed E-state index contributed by atoms with van der Waals surface area (Å²) in [7, 11) is -3.69. The van der Waals surface area contributed by atoms with Crippen LogP contribution in [0.5, 0.6) is 0 Å². The number of benzene rings is 1. The van der Waals surface area contributed by atoms with Crippen molar-refractivity contribution < 1.29 is 17.6 Å². The average molecular weight is 422 g/mol. The quantitative estimate of drug-likeness (QED) is 0.563. The van der Waals surface area contributed by atoms with Gasteiger partial charge in [-0.3, -0.25) is 10.1 Å². The largest absolute Gasteiger partial charge is 0.334 e. The molecule has 0 aliphatic carbocycles. The number of aromatic amines is 1. The van der Waals surface area contributed by atoms with E-state index in [0.717, 1.165) is 23.6 Å². The highest BCUT2D eigenvalue weighted by atomic mass is 32.2. The number of aromatic nitrogens is 2. The molecule has 0 saturated carbocycles. The van der Waals surface area contributed by atoms with E-state index in [9.17, 15) is 22.4 Å². The van der Waals surface area contributed by atoms with Gasteiger partial charge < -0.3 is 10.3 Å². The molecule has 0 fully saturated rings. The number of rotatable bonds is 6. The van der Waals surface area contributed by atoms with Crippen molar-refractivity contribution in [2.24, 2.45) is 0 Å². The molecule has 11 heteroatoms. The van der Waals surface area contributed by atoms with E-state index in [-0.39, 0.29) is 28.0 Å². The van der Waals surface area contributed by atoms with Gasteiger partial charge in [0.1, 0.15) is 5.82 Å². The summed E-state index contributed by atoms with van der Waals surface area (Å²) < 4.78 is 37.8. The number of nitrogens with one attached hydrogen (secondary N) is 3. The number of thiazole rings is 1. The van der Waals surface area contributed by atoms with Gasteiger partial charge in [-0.15, -0.1) is 11.3 Å². The molecular formula is C17H15FN4O4S2. The third-order valence-corrected chi connectivity index (χ3v) is 6.02. The fourth-order valence-corrected chi connectivity index (χ4v) is 4.30. The topological polar surface area (TPSA) is 121 Å². The number of sulfone groups is 1. The number of nitrogens with zero attached hydrogens (tertiary/aromatic N) is 1. The predicted molar refractivity (Wildman–Crippen MR) is 102 cm³/mol. The SMILES string of the molecule is O=C(NCc1cccc(F)c1)Nc1nc(CS(=O)(=O)c2ccc(=O)[nH]c2)cs1. The molecule has 1 aromatic carbocycles. The van der Waals surface area contributed by atoms with Crippen molar-refractivity contribution >= 4 is 32.3 Å². The van der Waals surface area contributed by atoms with Crippen LogP contribution >= 0.6 is 11.3 Å². The summed E-state index contributed by atoms with van der Waals surface area (Å²) in [5.74, 6) is -0.768. The van der Waals surface area contributed by atoms with E-state index in [0.29, 0.717) is 5.56 Å². The third-order valence-electron chi connectivity index (χ3n) is 3.57. The molecule has 0 bridgehead atoms. The Morgan fingerprint density at radius 3 is 2.79 bits per heavy atom. The second-order valence-corrected chi connectivity index (χ2v) is 8.58. The van der Waals surface area contributed by atoms with Crippen molar-refractivity contribution in [1.29, 1.82) is 0 Å². The zero-order valence-corrected chi connectivity index (χ0v) is 15.9. The van der Waals surface area contributed by atoms with Crippen molar-refractivity contribution in [3.8, 4) is 0 Å². The molecule has 28 heavy (non-hydrogen) atoms. The molecule has 2 amide bonds. The van der Waals surface area contributed by atoms with Crippen molar-refractivity contribution in [2.75, 3.05) is 5.32 Å². The lowest BCUT2D eigenvalue weighted by Crippen LogP contribution is -2.28. The summed E-state index contributed by atoms with van der Waals surface area (Å²) in [6.07, 6.45) is 1.13. The highest BCUT2D eigenvalue weighted by Crippen LogP contribution is 2.20. The van der Waals surface area contributed by atoms with Crippen molar-refractivity contribution in [3.63, 3.8) is 0 Å². The van der Waals surface area contributed by atoms with E-state index in [1.807, 2.05) is 0 Å². The number of hydrogen-bond acceptors (Lipinski definition) is 6. The molecule has 3 rings (SSSR count). The molecule has 146 valence electrons. The van der Waals surface area contributed by atoms with Crippen LogP contribution in [-0.2, 0) is 22.1 Å². The Hall–Kier alpha value is -3.05. The minimum atomic E-state index is -3.69. The van der Waals surface area contributed by atoms with Crippen LogP contribution in [-0.4, -0.2) is 24.4 Å². The van der Waals surface area contributed by atoms with Crippen LogP contribution in [0.25, 0.3) is 0 Å². The lowest BCUT2D eigenvalue weighted by Gasteiger charge is -2.05. The molecular weight excluding hydrogens is 407 g/mol. The summed E-state index contributed by atoms with van der Waals surface area (Å²) in [6.45, 7) is 0.127. The number of anilines is 1. The first-order valence-corrected chi connectivity index (χ1v) is 10.5. The number of amides is 2. The Labute approximate surface area is 163 Å². The van der Waals surface area contributed by atoms with Crippen LogP contribution in [0.1, 0.15) is 11.3 Å². The molecule has 0 saturated heterocycles. The molecule has 2 aromatic heterocycles. The molecule has 0 radical (unpaired) electrons. The van der Waals surface area contributed by atoms with Crippen LogP contribution in [0.4, 0.5) is 14.3 Å². The van der Waals surface area contributed by atoms with E-state index in [1.165, 1.54) is 23.6 Å². The average Bonchev–Trinajstić information content (AvgIpc) is 3.06. The maximum Gasteiger partial charge on any atom is 0.321 e. The second-order valence-electron chi connectivity index (χ2n) is 5.73. The van der Waals surface area contributed by atoms with Gasteiger partial charge in [0.2, 0.25) is 5.56 Å². The smallest absolute Gasteiger partial charge is 0.321 e. The minimum absolute atomic E-state index is 0.0255. The van der Waals surface area contributed by atoms with Gasteiger partial charge in [-0.2, -0.15) is 0 Å². The molecule has 0 atom stereocenters. The molecule has 3 N–H and O–H groups in total. The number of hydrogen-bond donors (Lipinski definition) is 3. The molecule has 0 unspecified atom stereocenters. The molecule has 0 aliphatic rings. The maximum atomic E-state index is 13.1. The van der Waals surface area contributed by atoms with Gasteiger partial charge in [-0.05, 0) is 23.8 Å². The Morgan fingerprint density at radius 2 is 2.07 bits per heavy atom. The fraction of sp³-hybridized carbons (Fsp3) is 0.118. The van der Waals surface area contributed by atoms with E-state index in [2.05, 4.69) is 20.6 Å². The number of pyridine rings is 1. The second kappa shape index (κ2) is 8.31. The van der Waals surface area contributed by atoms with Crippen LogP contribution in [0.2, 0.25) is 0 Å². The van der Waals surface area contributed by atoms with Crippen molar-refractivity contribution in [3.05, 3.63) is 75.4 Å². The Kier molecular flexibility index (Phi) is 5.85. The highest BCUT2D eigenvalue weighted by molar-refractivity contribution is 7.90. The number of urea groups is 1. The van der Waals surface area contributed by atoms with Crippen LogP contribution in [0.15, 0.2) is 57.7 Å². The van der Waals surface area contributed by atoms with Gasteiger partial charge in [-0.25, -0.2) is 22.6 Å². The summed E-state index contributed by atoms with van der Waals surface area (Å²) in [6, 6.07) is 7.63. The maximum absolute atomic E-state index is 13.1. The fourth-order valence-electron chi connectivity index (χ4n) is 2.27. The monoisotopic (exact) mass is 422 g/mol.